The van der Waals surface area contributed by atoms with Crippen LogP contribution in [0.2, 0.25) is 0 Å². The predicted octanol–water partition coefficient (Wildman–Crippen LogP) is 5.50. The van der Waals surface area contributed by atoms with Gasteiger partial charge in [0.1, 0.15) is 5.75 Å². The Balaban J connectivity index is 2.43. The van der Waals surface area contributed by atoms with E-state index in [1.54, 1.807) is 0 Å². The van der Waals surface area contributed by atoms with Gasteiger partial charge in [0.15, 0.2) is 6.29 Å². The summed E-state index contributed by atoms with van der Waals surface area (Å²) in [6.07, 6.45) is 2.10. The minimum Gasteiger partial charge on any atom is -0.465 e. The van der Waals surface area contributed by atoms with Crippen LogP contribution in [0, 0.1) is 0 Å². The van der Waals surface area contributed by atoms with E-state index in [2.05, 4.69) is 44.2 Å². The summed E-state index contributed by atoms with van der Waals surface area (Å²) in [5, 5.41) is 2.47. The van der Waals surface area contributed by atoms with E-state index in [1.807, 2.05) is 19.9 Å². The van der Waals surface area contributed by atoms with E-state index in [-0.39, 0.29) is 6.29 Å². The van der Waals surface area contributed by atoms with Crippen LogP contribution < -0.4 is 4.74 Å². The van der Waals surface area contributed by atoms with Crippen molar-refractivity contribution in [2.45, 2.75) is 52.7 Å². The van der Waals surface area contributed by atoms with Crippen LogP contribution in [0.4, 0.5) is 0 Å². The monoisotopic (exact) mass is 286 g/mol. The van der Waals surface area contributed by atoms with Gasteiger partial charge in [-0.3, -0.25) is 0 Å². The van der Waals surface area contributed by atoms with Gasteiger partial charge in [0, 0.05) is 12.0 Å². The van der Waals surface area contributed by atoms with Gasteiger partial charge in [-0.25, -0.2) is 0 Å². The third-order valence-electron chi connectivity index (χ3n) is 4.04. The lowest BCUT2D eigenvalue weighted by Crippen LogP contribution is -2.16. The van der Waals surface area contributed by atoms with Crippen molar-refractivity contribution in [3.05, 3.63) is 42.0 Å². The number of ether oxygens (including phenoxy) is 2. The molecule has 0 bridgehead atoms. The zero-order valence-corrected chi connectivity index (χ0v) is 13.6. The molecule has 2 heteroatoms. The van der Waals surface area contributed by atoms with Crippen molar-refractivity contribution in [3.8, 4) is 5.75 Å². The smallest absolute Gasteiger partial charge is 0.196 e. The fourth-order valence-electron chi connectivity index (χ4n) is 2.94. The zero-order valence-electron chi connectivity index (χ0n) is 13.6. The van der Waals surface area contributed by atoms with Crippen LogP contribution in [0.5, 0.6) is 5.75 Å². The van der Waals surface area contributed by atoms with Gasteiger partial charge in [-0.15, -0.1) is 0 Å². The lowest BCUT2D eigenvalue weighted by molar-refractivity contribution is -0.0605. The minimum absolute atomic E-state index is 0.225. The van der Waals surface area contributed by atoms with Crippen LogP contribution in [0.15, 0.2) is 36.4 Å². The number of benzene rings is 2. The SMILES string of the molecule is CCOC(C)Oc1cccc2c(C(CC)CC)cccc12. The molecule has 0 aromatic heterocycles. The Kier molecular flexibility index (Phi) is 5.63. The molecule has 0 saturated heterocycles. The molecule has 0 aliphatic rings. The highest BCUT2D eigenvalue weighted by Gasteiger charge is 2.13. The molecule has 0 saturated carbocycles. The lowest BCUT2D eigenvalue weighted by atomic mass is 9.89. The van der Waals surface area contributed by atoms with E-state index in [0.717, 1.165) is 18.6 Å². The second-order valence-electron chi connectivity index (χ2n) is 5.35. The Labute approximate surface area is 128 Å². The summed E-state index contributed by atoms with van der Waals surface area (Å²) in [5.74, 6) is 1.51. The highest BCUT2D eigenvalue weighted by atomic mass is 16.7. The minimum atomic E-state index is -0.225. The fourth-order valence-corrected chi connectivity index (χ4v) is 2.94. The molecule has 0 heterocycles. The third-order valence-corrected chi connectivity index (χ3v) is 4.04. The van der Waals surface area contributed by atoms with E-state index < -0.39 is 0 Å². The fraction of sp³-hybridized carbons (Fsp3) is 0.474. The Morgan fingerprint density at radius 2 is 1.57 bits per heavy atom. The second kappa shape index (κ2) is 7.46. The van der Waals surface area contributed by atoms with Gasteiger partial charge in [-0.05, 0) is 49.6 Å². The van der Waals surface area contributed by atoms with Crippen LogP contribution in [0.3, 0.4) is 0 Å². The number of hydrogen-bond acceptors (Lipinski definition) is 2. The standard InChI is InChI=1S/C19H26O2/c1-5-15(6-2)16-10-8-12-18-17(16)11-9-13-19(18)21-14(4)20-7-3/h8-15H,5-7H2,1-4H3. The third kappa shape index (κ3) is 3.56. The molecule has 0 fully saturated rings. The Bertz CT molecular complexity index is 573. The Morgan fingerprint density at radius 3 is 2.24 bits per heavy atom. The maximum Gasteiger partial charge on any atom is 0.196 e. The summed E-state index contributed by atoms with van der Waals surface area (Å²) in [7, 11) is 0. The first-order valence-corrected chi connectivity index (χ1v) is 8.01. The highest BCUT2D eigenvalue weighted by Crippen LogP contribution is 2.34. The first kappa shape index (κ1) is 15.8. The van der Waals surface area contributed by atoms with Crippen molar-refractivity contribution in [1.29, 1.82) is 0 Å². The van der Waals surface area contributed by atoms with Crippen molar-refractivity contribution in [3.63, 3.8) is 0 Å². The maximum absolute atomic E-state index is 5.95. The van der Waals surface area contributed by atoms with E-state index in [4.69, 9.17) is 9.47 Å². The molecule has 0 amide bonds. The molecule has 0 radical (unpaired) electrons. The van der Waals surface area contributed by atoms with Crippen LogP contribution >= 0.6 is 0 Å². The zero-order chi connectivity index (χ0) is 15.2. The summed E-state index contributed by atoms with van der Waals surface area (Å²) < 4.78 is 11.4. The van der Waals surface area contributed by atoms with Crippen LogP contribution in [0.25, 0.3) is 10.8 Å². The molecule has 2 aromatic rings. The van der Waals surface area contributed by atoms with Gasteiger partial charge in [0.2, 0.25) is 0 Å². The summed E-state index contributed by atoms with van der Waals surface area (Å²) in [6.45, 7) is 9.08. The van der Waals surface area contributed by atoms with Gasteiger partial charge in [-0.1, -0.05) is 44.2 Å². The topological polar surface area (TPSA) is 18.5 Å². The van der Waals surface area contributed by atoms with Crippen molar-refractivity contribution in [1.82, 2.24) is 0 Å². The average Bonchev–Trinajstić information content (AvgIpc) is 2.49. The quantitative estimate of drug-likeness (QED) is 0.625. The van der Waals surface area contributed by atoms with Gasteiger partial charge >= 0.3 is 0 Å². The molecule has 2 rings (SSSR count). The molecule has 21 heavy (non-hydrogen) atoms. The largest absolute Gasteiger partial charge is 0.465 e. The van der Waals surface area contributed by atoms with Crippen molar-refractivity contribution in [2.75, 3.05) is 6.61 Å². The van der Waals surface area contributed by atoms with Crippen molar-refractivity contribution >= 4 is 10.8 Å². The number of hydrogen-bond donors (Lipinski definition) is 0. The van der Waals surface area contributed by atoms with Crippen LogP contribution in [0.1, 0.15) is 52.0 Å². The molecular formula is C19H26O2. The summed E-state index contributed by atoms with van der Waals surface area (Å²) in [4.78, 5) is 0. The lowest BCUT2D eigenvalue weighted by Gasteiger charge is -2.19. The predicted molar refractivity (Wildman–Crippen MR) is 89.0 cm³/mol. The Morgan fingerprint density at radius 1 is 0.905 bits per heavy atom. The molecule has 1 atom stereocenters. The van der Waals surface area contributed by atoms with E-state index >= 15 is 0 Å². The molecular weight excluding hydrogens is 260 g/mol. The molecule has 0 aliphatic heterocycles. The van der Waals surface area contributed by atoms with Crippen LogP contribution in [-0.2, 0) is 4.74 Å². The first-order valence-electron chi connectivity index (χ1n) is 8.01. The molecule has 0 aliphatic carbocycles. The normalized spacial score (nSPS) is 12.8. The van der Waals surface area contributed by atoms with Gasteiger partial charge in [0.05, 0.1) is 0 Å². The van der Waals surface area contributed by atoms with Crippen molar-refractivity contribution < 1.29 is 9.47 Å². The summed E-state index contributed by atoms with van der Waals surface area (Å²) in [5.41, 5.74) is 1.42. The highest BCUT2D eigenvalue weighted by molar-refractivity contribution is 5.91. The molecule has 2 aromatic carbocycles. The Hall–Kier alpha value is -1.54. The summed E-state index contributed by atoms with van der Waals surface area (Å²) in [6, 6.07) is 12.8. The van der Waals surface area contributed by atoms with E-state index in [0.29, 0.717) is 12.5 Å². The van der Waals surface area contributed by atoms with Gasteiger partial charge in [0.25, 0.3) is 0 Å². The maximum atomic E-state index is 5.95. The summed E-state index contributed by atoms with van der Waals surface area (Å²) >= 11 is 0. The molecule has 114 valence electrons. The molecule has 2 nitrogen and oxygen atoms in total. The van der Waals surface area contributed by atoms with Crippen LogP contribution in [-0.4, -0.2) is 12.9 Å². The van der Waals surface area contributed by atoms with E-state index in [9.17, 15) is 0 Å². The molecule has 1 unspecified atom stereocenters. The molecule has 0 spiro atoms. The van der Waals surface area contributed by atoms with E-state index in [1.165, 1.54) is 16.3 Å². The van der Waals surface area contributed by atoms with Crippen molar-refractivity contribution in [2.24, 2.45) is 0 Å². The first-order chi connectivity index (χ1) is 10.2. The number of fused-ring (bicyclic) bond motifs is 1. The molecule has 0 N–H and O–H groups in total. The second-order valence-corrected chi connectivity index (χ2v) is 5.35. The average molecular weight is 286 g/mol. The van der Waals surface area contributed by atoms with Gasteiger partial charge in [-0.2, -0.15) is 0 Å². The van der Waals surface area contributed by atoms with Gasteiger partial charge < -0.3 is 9.47 Å². The number of rotatable bonds is 7.